The zero-order chi connectivity index (χ0) is 15.6. The number of anilines is 1. The number of nitrogens with zero attached hydrogens (tertiary/aromatic N) is 1. The summed E-state index contributed by atoms with van der Waals surface area (Å²) >= 11 is 5.60. The number of Topliss-reactive ketones (excluding diaryl/α,β-unsaturated/α-hetero) is 1. The van der Waals surface area contributed by atoms with Crippen LogP contribution < -0.4 is 9.64 Å². The van der Waals surface area contributed by atoms with Gasteiger partial charge in [0.05, 0.1) is 18.1 Å². The van der Waals surface area contributed by atoms with E-state index in [2.05, 4.69) is 0 Å². The van der Waals surface area contributed by atoms with E-state index in [0.29, 0.717) is 23.5 Å². The summed E-state index contributed by atoms with van der Waals surface area (Å²) in [4.78, 5) is 25.9. The van der Waals surface area contributed by atoms with Crippen LogP contribution in [0.15, 0.2) is 18.2 Å². The second-order valence-electron chi connectivity index (χ2n) is 5.49. The number of rotatable bonds is 4. The number of hydrogen-bond acceptors (Lipinski definition) is 3. The number of alkyl halides is 1. The molecule has 4 nitrogen and oxygen atoms in total. The van der Waals surface area contributed by atoms with Gasteiger partial charge in [-0.1, -0.05) is 20.8 Å². The molecule has 2 rings (SSSR count). The average molecular weight is 310 g/mol. The fraction of sp³-hybridized carbons (Fsp3) is 0.500. The van der Waals surface area contributed by atoms with Crippen LogP contribution in [-0.4, -0.2) is 30.2 Å². The molecule has 0 radical (unpaired) electrons. The summed E-state index contributed by atoms with van der Waals surface area (Å²) in [6, 6.07) is 5.14. The Balaban J connectivity index is 2.44. The van der Waals surface area contributed by atoms with Gasteiger partial charge in [-0.05, 0) is 24.6 Å². The minimum absolute atomic E-state index is 0.0187. The van der Waals surface area contributed by atoms with Crippen molar-refractivity contribution in [3.8, 4) is 5.75 Å². The SMILES string of the molecule is CCC1CN(C(=O)C(C)C)c2cc(C(=O)CCl)ccc2O1. The molecule has 0 spiro atoms. The van der Waals surface area contributed by atoms with E-state index in [1.54, 1.807) is 23.1 Å². The molecule has 0 N–H and O–H groups in total. The summed E-state index contributed by atoms with van der Waals surface area (Å²) in [5, 5.41) is 0. The first-order valence-corrected chi connectivity index (χ1v) is 7.72. The Morgan fingerprint density at radius 3 is 2.71 bits per heavy atom. The smallest absolute Gasteiger partial charge is 0.229 e. The highest BCUT2D eigenvalue weighted by atomic mass is 35.5. The summed E-state index contributed by atoms with van der Waals surface area (Å²) in [6.07, 6.45) is 0.804. The third kappa shape index (κ3) is 3.21. The standard InChI is InChI=1S/C16H20ClNO3/c1-4-12-9-18(16(20)10(2)3)13-7-11(14(19)8-17)5-6-15(13)21-12/h5-7,10,12H,4,8-9H2,1-3H3. The Bertz CT molecular complexity index is 556. The number of benzene rings is 1. The van der Waals surface area contributed by atoms with Crippen LogP contribution >= 0.6 is 11.6 Å². The zero-order valence-corrected chi connectivity index (χ0v) is 13.3. The van der Waals surface area contributed by atoms with Gasteiger partial charge in [0.25, 0.3) is 0 Å². The first-order valence-electron chi connectivity index (χ1n) is 7.19. The number of amides is 1. The van der Waals surface area contributed by atoms with E-state index >= 15 is 0 Å². The lowest BCUT2D eigenvalue weighted by Crippen LogP contribution is -2.45. The largest absolute Gasteiger partial charge is 0.486 e. The maximum absolute atomic E-state index is 12.4. The number of ether oxygens (including phenoxy) is 1. The van der Waals surface area contributed by atoms with Crippen molar-refractivity contribution in [2.45, 2.75) is 33.3 Å². The molecule has 1 aliphatic rings. The van der Waals surface area contributed by atoms with Gasteiger partial charge in [-0.3, -0.25) is 9.59 Å². The second-order valence-corrected chi connectivity index (χ2v) is 5.76. The molecule has 0 saturated carbocycles. The molecule has 0 fully saturated rings. The topological polar surface area (TPSA) is 46.6 Å². The van der Waals surface area contributed by atoms with Crippen molar-refractivity contribution < 1.29 is 14.3 Å². The lowest BCUT2D eigenvalue weighted by atomic mass is 10.0. The molecule has 1 aromatic rings. The number of carbonyl (C=O) groups is 2. The fourth-order valence-electron chi connectivity index (χ4n) is 2.33. The quantitative estimate of drug-likeness (QED) is 0.633. The molecule has 21 heavy (non-hydrogen) atoms. The minimum Gasteiger partial charge on any atom is -0.486 e. The minimum atomic E-state index is -0.158. The van der Waals surface area contributed by atoms with Crippen LogP contribution in [0.2, 0.25) is 0 Å². The third-order valence-electron chi connectivity index (χ3n) is 3.59. The predicted octanol–water partition coefficient (Wildman–Crippen LogP) is 3.27. The van der Waals surface area contributed by atoms with Crippen LogP contribution in [0.3, 0.4) is 0 Å². The van der Waals surface area contributed by atoms with Gasteiger partial charge in [-0.15, -0.1) is 11.6 Å². The average Bonchev–Trinajstić information content (AvgIpc) is 2.51. The zero-order valence-electron chi connectivity index (χ0n) is 12.6. The van der Waals surface area contributed by atoms with Crippen LogP contribution in [0.25, 0.3) is 0 Å². The Hall–Kier alpha value is -1.55. The van der Waals surface area contributed by atoms with Crippen molar-refractivity contribution >= 4 is 29.0 Å². The fourth-order valence-corrected chi connectivity index (χ4v) is 2.48. The molecule has 1 aliphatic heterocycles. The highest BCUT2D eigenvalue weighted by Crippen LogP contribution is 2.36. The summed E-state index contributed by atoms with van der Waals surface area (Å²) in [7, 11) is 0. The molecule has 0 aromatic heterocycles. The lowest BCUT2D eigenvalue weighted by Gasteiger charge is -2.35. The van der Waals surface area contributed by atoms with E-state index in [-0.39, 0.29) is 29.6 Å². The van der Waals surface area contributed by atoms with E-state index in [0.717, 1.165) is 6.42 Å². The molecule has 1 heterocycles. The summed E-state index contributed by atoms with van der Waals surface area (Å²) < 4.78 is 5.87. The van der Waals surface area contributed by atoms with Gasteiger partial charge in [-0.25, -0.2) is 0 Å². The number of halogens is 1. The molecule has 0 saturated heterocycles. The van der Waals surface area contributed by atoms with Crippen molar-refractivity contribution in [1.29, 1.82) is 0 Å². The van der Waals surface area contributed by atoms with E-state index in [1.165, 1.54) is 0 Å². The summed E-state index contributed by atoms with van der Waals surface area (Å²) in [5.74, 6) is 0.339. The van der Waals surface area contributed by atoms with Crippen LogP contribution in [0.4, 0.5) is 5.69 Å². The van der Waals surface area contributed by atoms with E-state index in [4.69, 9.17) is 16.3 Å². The highest BCUT2D eigenvalue weighted by molar-refractivity contribution is 6.30. The predicted molar refractivity (Wildman–Crippen MR) is 83.4 cm³/mol. The van der Waals surface area contributed by atoms with Gasteiger partial charge in [0.2, 0.25) is 5.91 Å². The van der Waals surface area contributed by atoms with Crippen molar-refractivity contribution in [3.63, 3.8) is 0 Å². The van der Waals surface area contributed by atoms with Crippen molar-refractivity contribution in [1.82, 2.24) is 0 Å². The molecule has 0 bridgehead atoms. The van der Waals surface area contributed by atoms with Gasteiger partial charge in [0.1, 0.15) is 11.9 Å². The second kappa shape index (κ2) is 6.48. The first-order chi connectivity index (χ1) is 9.97. The Kier molecular flexibility index (Phi) is 4.88. The van der Waals surface area contributed by atoms with Crippen molar-refractivity contribution in [2.75, 3.05) is 17.3 Å². The van der Waals surface area contributed by atoms with Gasteiger partial charge >= 0.3 is 0 Å². The van der Waals surface area contributed by atoms with Crippen LogP contribution in [0.5, 0.6) is 5.75 Å². The first kappa shape index (κ1) is 15.8. The van der Waals surface area contributed by atoms with Crippen LogP contribution in [0.1, 0.15) is 37.6 Å². The lowest BCUT2D eigenvalue weighted by molar-refractivity contribution is -0.121. The Labute approximate surface area is 130 Å². The number of fused-ring (bicyclic) bond motifs is 1. The summed E-state index contributed by atoms with van der Waals surface area (Å²) in [5.41, 5.74) is 1.17. The molecule has 5 heteroatoms. The molecule has 1 amide bonds. The number of carbonyl (C=O) groups excluding carboxylic acids is 2. The Morgan fingerprint density at radius 2 is 2.14 bits per heavy atom. The van der Waals surface area contributed by atoms with E-state index in [9.17, 15) is 9.59 Å². The Morgan fingerprint density at radius 1 is 1.43 bits per heavy atom. The maximum atomic E-state index is 12.4. The maximum Gasteiger partial charge on any atom is 0.229 e. The van der Waals surface area contributed by atoms with Crippen molar-refractivity contribution in [3.05, 3.63) is 23.8 Å². The van der Waals surface area contributed by atoms with E-state index < -0.39 is 0 Å². The number of hydrogen-bond donors (Lipinski definition) is 0. The third-order valence-corrected chi connectivity index (χ3v) is 3.83. The van der Waals surface area contributed by atoms with Gasteiger partial charge in [0, 0.05) is 11.5 Å². The van der Waals surface area contributed by atoms with Crippen molar-refractivity contribution in [2.24, 2.45) is 5.92 Å². The number of ketones is 1. The molecule has 1 unspecified atom stereocenters. The van der Waals surface area contributed by atoms with Gasteiger partial charge in [-0.2, -0.15) is 0 Å². The molecule has 1 atom stereocenters. The molecular formula is C16H20ClNO3. The normalized spacial score (nSPS) is 17.4. The summed E-state index contributed by atoms with van der Waals surface area (Å²) in [6.45, 7) is 6.27. The molecular weight excluding hydrogens is 290 g/mol. The van der Waals surface area contributed by atoms with Gasteiger partial charge < -0.3 is 9.64 Å². The van der Waals surface area contributed by atoms with Crippen LogP contribution in [-0.2, 0) is 4.79 Å². The molecule has 1 aromatic carbocycles. The molecule has 0 aliphatic carbocycles. The van der Waals surface area contributed by atoms with E-state index in [1.807, 2.05) is 20.8 Å². The van der Waals surface area contributed by atoms with Gasteiger partial charge in [0.15, 0.2) is 5.78 Å². The van der Waals surface area contributed by atoms with Crippen LogP contribution in [0, 0.1) is 5.92 Å². The monoisotopic (exact) mass is 309 g/mol. The molecule has 114 valence electrons. The highest BCUT2D eigenvalue weighted by Gasteiger charge is 2.30.